The number of carboxylic acids is 1. The molecule has 0 saturated heterocycles. The van der Waals surface area contributed by atoms with Gasteiger partial charge in [-0.25, -0.2) is 4.79 Å². The lowest BCUT2D eigenvalue weighted by molar-refractivity contribution is -0.145. The molecule has 5 nitrogen and oxygen atoms in total. The summed E-state index contributed by atoms with van der Waals surface area (Å²) in [5, 5.41) is 21.7. The van der Waals surface area contributed by atoms with E-state index in [0.717, 1.165) is 10.9 Å². The Kier molecular flexibility index (Phi) is 3.53. The van der Waals surface area contributed by atoms with Crippen LogP contribution in [-0.4, -0.2) is 32.1 Å². The lowest BCUT2D eigenvalue weighted by Gasteiger charge is -2.27. The first kappa shape index (κ1) is 13.9. The Hall–Kier alpha value is -1.57. The third-order valence-electron chi connectivity index (χ3n) is 3.31. The van der Waals surface area contributed by atoms with Gasteiger partial charge in [0, 0.05) is 0 Å². The zero-order valence-electron chi connectivity index (χ0n) is 9.89. The van der Waals surface area contributed by atoms with Crippen molar-refractivity contribution < 1.29 is 28.2 Å². The van der Waals surface area contributed by atoms with Crippen molar-refractivity contribution in [3.63, 3.8) is 0 Å². The molecule has 0 bridgehead atoms. The van der Waals surface area contributed by atoms with E-state index in [1.165, 1.54) is 0 Å². The first-order valence-electron chi connectivity index (χ1n) is 5.86. The zero-order chi connectivity index (χ0) is 14.2. The van der Waals surface area contributed by atoms with Crippen LogP contribution in [0.1, 0.15) is 47.8 Å². The summed E-state index contributed by atoms with van der Waals surface area (Å²) in [5.74, 6) is -1.64. The van der Waals surface area contributed by atoms with Gasteiger partial charge in [0.2, 0.25) is 0 Å². The van der Waals surface area contributed by atoms with Crippen molar-refractivity contribution in [3.8, 4) is 0 Å². The molecule has 0 unspecified atom stereocenters. The molecular weight excluding hydrogens is 265 g/mol. The highest BCUT2D eigenvalue weighted by Crippen LogP contribution is 2.37. The van der Waals surface area contributed by atoms with Gasteiger partial charge in [0.1, 0.15) is 5.56 Å². The van der Waals surface area contributed by atoms with Crippen LogP contribution in [-0.2, 0) is 6.18 Å². The molecule has 0 spiro atoms. The molecule has 19 heavy (non-hydrogen) atoms. The summed E-state index contributed by atoms with van der Waals surface area (Å²) in [7, 11) is 0. The van der Waals surface area contributed by atoms with Crippen LogP contribution < -0.4 is 0 Å². The van der Waals surface area contributed by atoms with Crippen molar-refractivity contribution >= 4 is 5.97 Å². The van der Waals surface area contributed by atoms with E-state index >= 15 is 0 Å². The third kappa shape index (κ3) is 2.73. The Balaban J connectivity index is 2.38. The maximum absolute atomic E-state index is 13.0. The number of alkyl halides is 3. The van der Waals surface area contributed by atoms with E-state index in [1.807, 2.05) is 0 Å². The number of aromatic nitrogens is 2. The predicted molar refractivity (Wildman–Crippen MR) is 57.7 cm³/mol. The van der Waals surface area contributed by atoms with Gasteiger partial charge in [-0.1, -0.05) is 0 Å². The van der Waals surface area contributed by atoms with E-state index in [9.17, 15) is 23.1 Å². The number of hydrogen-bond acceptors (Lipinski definition) is 3. The maximum Gasteiger partial charge on any atom is 0.433 e. The Morgan fingerprint density at radius 2 is 1.89 bits per heavy atom. The van der Waals surface area contributed by atoms with Crippen LogP contribution in [0.3, 0.4) is 0 Å². The van der Waals surface area contributed by atoms with Gasteiger partial charge in [-0.2, -0.15) is 18.3 Å². The molecule has 0 radical (unpaired) electrons. The van der Waals surface area contributed by atoms with Crippen molar-refractivity contribution in [2.75, 3.05) is 0 Å². The topological polar surface area (TPSA) is 75.3 Å². The average Bonchev–Trinajstić information content (AvgIpc) is 2.74. The molecule has 0 aliphatic heterocycles. The Morgan fingerprint density at radius 1 is 1.32 bits per heavy atom. The number of hydrogen-bond donors (Lipinski definition) is 2. The summed E-state index contributed by atoms with van der Waals surface area (Å²) in [6.45, 7) is 0. The molecule has 1 saturated carbocycles. The Bertz CT molecular complexity index is 476. The average molecular weight is 278 g/mol. The summed E-state index contributed by atoms with van der Waals surface area (Å²) < 4.78 is 39.6. The van der Waals surface area contributed by atoms with Crippen LogP contribution in [0.5, 0.6) is 0 Å². The minimum absolute atomic E-state index is 0.352. The third-order valence-corrected chi connectivity index (χ3v) is 3.31. The molecule has 1 aromatic heterocycles. The van der Waals surface area contributed by atoms with Gasteiger partial charge in [0.05, 0.1) is 18.3 Å². The van der Waals surface area contributed by atoms with Crippen LogP contribution >= 0.6 is 0 Å². The number of rotatable bonds is 2. The second kappa shape index (κ2) is 4.84. The second-order valence-electron chi connectivity index (χ2n) is 4.62. The molecule has 1 heterocycles. The van der Waals surface area contributed by atoms with E-state index in [2.05, 4.69) is 5.10 Å². The van der Waals surface area contributed by atoms with Crippen molar-refractivity contribution in [1.29, 1.82) is 0 Å². The molecule has 1 fully saturated rings. The lowest BCUT2D eigenvalue weighted by Crippen LogP contribution is -2.26. The zero-order valence-corrected chi connectivity index (χ0v) is 9.89. The van der Waals surface area contributed by atoms with Crippen LogP contribution in [0.15, 0.2) is 6.20 Å². The first-order valence-corrected chi connectivity index (χ1v) is 5.86. The summed E-state index contributed by atoms with van der Waals surface area (Å²) in [6, 6.07) is -0.520. The fourth-order valence-corrected chi connectivity index (χ4v) is 2.38. The second-order valence-corrected chi connectivity index (χ2v) is 4.62. The Morgan fingerprint density at radius 3 is 2.37 bits per heavy atom. The number of aromatic carboxylic acids is 1. The monoisotopic (exact) mass is 278 g/mol. The Labute approximate surface area is 106 Å². The number of carboxylic acid groups (broad SMARTS) is 1. The highest BCUT2D eigenvalue weighted by Gasteiger charge is 2.42. The number of carbonyl (C=O) groups is 1. The molecule has 0 atom stereocenters. The molecule has 0 aromatic carbocycles. The lowest BCUT2D eigenvalue weighted by atomic mass is 9.93. The highest BCUT2D eigenvalue weighted by atomic mass is 19.4. The van der Waals surface area contributed by atoms with Crippen molar-refractivity contribution in [2.24, 2.45) is 0 Å². The predicted octanol–water partition coefficient (Wildman–Crippen LogP) is 2.08. The molecule has 2 N–H and O–H groups in total. The van der Waals surface area contributed by atoms with E-state index in [4.69, 9.17) is 5.11 Å². The number of aliphatic hydroxyl groups excluding tert-OH is 1. The fraction of sp³-hybridized carbons (Fsp3) is 0.636. The molecule has 1 aromatic rings. The van der Waals surface area contributed by atoms with E-state index in [1.54, 1.807) is 0 Å². The number of nitrogens with zero attached hydrogens (tertiary/aromatic N) is 2. The van der Waals surface area contributed by atoms with Crippen LogP contribution in [0.2, 0.25) is 0 Å². The molecule has 0 amide bonds. The van der Waals surface area contributed by atoms with Gasteiger partial charge < -0.3 is 10.2 Å². The highest BCUT2D eigenvalue weighted by molar-refractivity contribution is 5.88. The molecule has 1 aliphatic rings. The van der Waals surface area contributed by atoms with Crippen molar-refractivity contribution in [3.05, 3.63) is 17.5 Å². The SMILES string of the molecule is O=C(O)c1cnn([C@H]2CC[C@H](O)CC2)c1C(F)(F)F. The summed E-state index contributed by atoms with van der Waals surface area (Å²) in [4.78, 5) is 10.8. The summed E-state index contributed by atoms with van der Waals surface area (Å²) >= 11 is 0. The van der Waals surface area contributed by atoms with Gasteiger partial charge in [-0.3, -0.25) is 4.68 Å². The molecule has 106 valence electrons. The minimum atomic E-state index is -4.76. The van der Waals surface area contributed by atoms with Gasteiger partial charge in [-0.15, -0.1) is 0 Å². The smallest absolute Gasteiger partial charge is 0.433 e. The normalized spacial score (nSPS) is 24.4. The number of halogens is 3. The van der Waals surface area contributed by atoms with Crippen molar-refractivity contribution in [1.82, 2.24) is 9.78 Å². The summed E-state index contributed by atoms with van der Waals surface area (Å²) in [5.41, 5.74) is -2.06. The van der Waals surface area contributed by atoms with Crippen LogP contribution in [0.4, 0.5) is 13.2 Å². The van der Waals surface area contributed by atoms with Crippen molar-refractivity contribution in [2.45, 2.75) is 44.0 Å². The molecular formula is C11H13F3N2O3. The van der Waals surface area contributed by atoms with Crippen LogP contribution in [0.25, 0.3) is 0 Å². The fourth-order valence-electron chi connectivity index (χ4n) is 2.38. The first-order chi connectivity index (χ1) is 8.80. The van der Waals surface area contributed by atoms with Gasteiger partial charge in [-0.05, 0) is 25.7 Å². The minimum Gasteiger partial charge on any atom is -0.478 e. The molecule has 8 heteroatoms. The largest absolute Gasteiger partial charge is 0.478 e. The summed E-state index contributed by atoms with van der Waals surface area (Å²) in [6.07, 6.45) is -3.04. The maximum atomic E-state index is 13.0. The number of aliphatic hydroxyl groups is 1. The van der Waals surface area contributed by atoms with Crippen LogP contribution in [0, 0.1) is 0 Å². The standard InChI is InChI=1S/C11H13F3N2O3/c12-11(13,14)9-8(10(18)19)5-15-16(9)6-1-3-7(17)4-2-6/h5-7,17H,1-4H2,(H,18,19)/t6-,7-. The van der Waals surface area contributed by atoms with E-state index < -0.39 is 35.5 Å². The van der Waals surface area contributed by atoms with Gasteiger partial charge in [0.15, 0.2) is 5.69 Å². The quantitative estimate of drug-likeness (QED) is 0.868. The van der Waals surface area contributed by atoms with Gasteiger partial charge in [0.25, 0.3) is 0 Å². The molecule has 1 aliphatic carbocycles. The van der Waals surface area contributed by atoms with E-state index in [-0.39, 0.29) is 0 Å². The van der Waals surface area contributed by atoms with E-state index in [0.29, 0.717) is 25.7 Å². The van der Waals surface area contributed by atoms with Gasteiger partial charge >= 0.3 is 12.1 Å². The molecule has 2 rings (SSSR count).